The van der Waals surface area contributed by atoms with E-state index in [4.69, 9.17) is 22.4 Å². The van der Waals surface area contributed by atoms with E-state index in [0.717, 1.165) is 38.5 Å². The summed E-state index contributed by atoms with van der Waals surface area (Å²) >= 11 is 8.37. The predicted octanol–water partition coefficient (Wildman–Crippen LogP) is 3.15. The van der Waals surface area contributed by atoms with Gasteiger partial charge in [-0.3, -0.25) is 4.79 Å². The van der Waals surface area contributed by atoms with Crippen LogP contribution in [0.3, 0.4) is 0 Å². The van der Waals surface area contributed by atoms with Crippen molar-refractivity contribution in [3.63, 3.8) is 0 Å². The molecule has 0 aliphatic heterocycles. The molecule has 1 amide bonds. The highest BCUT2D eigenvalue weighted by Crippen LogP contribution is 2.28. The molecule has 0 spiro atoms. The Morgan fingerprint density at radius 2 is 1.95 bits per heavy atom. The lowest BCUT2D eigenvalue weighted by Gasteiger charge is -2.32. The summed E-state index contributed by atoms with van der Waals surface area (Å²) in [6.07, 6.45) is 5.98. The average Bonchev–Trinajstić information content (AvgIpc) is 2.65. The highest BCUT2D eigenvalue weighted by molar-refractivity contribution is 9.10. The van der Waals surface area contributed by atoms with Crippen molar-refractivity contribution in [3.05, 3.63) is 22.6 Å². The van der Waals surface area contributed by atoms with Crippen molar-refractivity contribution in [2.75, 3.05) is 0 Å². The Morgan fingerprint density at radius 1 is 1.32 bits per heavy atom. The van der Waals surface area contributed by atoms with Crippen molar-refractivity contribution < 1.29 is 9.21 Å². The largest absolute Gasteiger partial charge is 0.444 e. The zero-order valence-corrected chi connectivity index (χ0v) is 13.0. The number of thiocarbonyl (C=S) groups is 1. The van der Waals surface area contributed by atoms with Crippen LogP contribution in [-0.2, 0) is 0 Å². The number of furan rings is 1. The summed E-state index contributed by atoms with van der Waals surface area (Å²) < 4.78 is 5.79. The molecule has 1 aromatic rings. The number of amides is 1. The minimum absolute atomic E-state index is 0.264. The molecule has 1 aliphatic rings. The number of nitrogens with one attached hydrogen (secondary N) is 1. The Labute approximate surface area is 126 Å². The normalized spacial score (nSPS) is 18.6. The molecule has 1 saturated carbocycles. The van der Waals surface area contributed by atoms with E-state index in [2.05, 4.69) is 21.2 Å². The van der Waals surface area contributed by atoms with E-state index in [-0.39, 0.29) is 11.7 Å². The van der Waals surface area contributed by atoms with E-state index in [0.29, 0.717) is 9.66 Å². The minimum Gasteiger partial charge on any atom is -0.444 e. The molecule has 6 heteroatoms. The van der Waals surface area contributed by atoms with Gasteiger partial charge in [-0.05, 0) is 40.9 Å². The van der Waals surface area contributed by atoms with E-state index in [1.165, 1.54) is 0 Å². The summed E-state index contributed by atoms with van der Waals surface area (Å²) in [5.41, 5.74) is 5.31. The molecule has 19 heavy (non-hydrogen) atoms. The maximum absolute atomic E-state index is 12.2. The number of carbonyl (C=O) groups excluding carboxylic acids is 1. The molecule has 0 unspecified atom stereocenters. The fourth-order valence-corrected chi connectivity index (χ4v) is 3.04. The van der Waals surface area contributed by atoms with Gasteiger partial charge in [0.1, 0.15) is 0 Å². The Hall–Kier alpha value is -0.880. The molecule has 0 saturated heterocycles. The third-order valence-corrected chi connectivity index (χ3v) is 4.40. The van der Waals surface area contributed by atoms with Gasteiger partial charge in [0, 0.05) is 0 Å². The van der Waals surface area contributed by atoms with Gasteiger partial charge >= 0.3 is 0 Å². The molecule has 1 aromatic heterocycles. The van der Waals surface area contributed by atoms with Crippen LogP contribution in [0.1, 0.15) is 49.1 Å². The summed E-state index contributed by atoms with van der Waals surface area (Å²) in [5, 5.41) is 2.98. The lowest BCUT2D eigenvalue weighted by Crippen LogP contribution is -2.56. The number of hydrogen-bond donors (Lipinski definition) is 2. The quantitative estimate of drug-likeness (QED) is 0.652. The van der Waals surface area contributed by atoms with Crippen molar-refractivity contribution in [3.8, 4) is 0 Å². The molecule has 1 heterocycles. The van der Waals surface area contributed by atoms with Gasteiger partial charge in [0.15, 0.2) is 10.4 Å². The smallest absolute Gasteiger partial charge is 0.287 e. The molecule has 104 valence electrons. The lowest BCUT2D eigenvalue weighted by molar-refractivity contribution is 0.0888. The standard InChI is InChI=1S/C13H17BrN2O2S/c14-10-6-5-9(18-10)11(17)16-13(12(15)19)7-3-1-2-4-8-13/h5-6H,1-4,7-8H2,(H2,15,19)(H,16,17). The first kappa shape index (κ1) is 14.5. The van der Waals surface area contributed by atoms with Gasteiger partial charge in [0.2, 0.25) is 0 Å². The van der Waals surface area contributed by atoms with Crippen LogP contribution in [0, 0.1) is 0 Å². The van der Waals surface area contributed by atoms with Crippen LogP contribution >= 0.6 is 28.1 Å². The van der Waals surface area contributed by atoms with Gasteiger partial charge in [0.05, 0.1) is 10.5 Å². The molecule has 0 atom stereocenters. The van der Waals surface area contributed by atoms with Gasteiger partial charge in [-0.2, -0.15) is 0 Å². The molecule has 0 bridgehead atoms. The van der Waals surface area contributed by atoms with Gasteiger partial charge in [-0.25, -0.2) is 0 Å². The Kier molecular flexibility index (Phi) is 4.62. The molecule has 4 nitrogen and oxygen atoms in total. The summed E-state index contributed by atoms with van der Waals surface area (Å²) in [6.45, 7) is 0. The van der Waals surface area contributed by atoms with E-state index >= 15 is 0 Å². The second-order valence-electron chi connectivity index (χ2n) is 4.92. The molecule has 1 aliphatic carbocycles. The average molecular weight is 345 g/mol. The topological polar surface area (TPSA) is 68.3 Å². The van der Waals surface area contributed by atoms with Crippen molar-refractivity contribution in [1.82, 2.24) is 5.32 Å². The summed E-state index contributed by atoms with van der Waals surface area (Å²) in [7, 11) is 0. The maximum Gasteiger partial charge on any atom is 0.287 e. The van der Waals surface area contributed by atoms with Gasteiger partial charge in [0.25, 0.3) is 5.91 Å². The molecule has 3 N–H and O–H groups in total. The minimum atomic E-state index is -0.567. The summed E-state index contributed by atoms with van der Waals surface area (Å²) in [4.78, 5) is 12.6. The Balaban J connectivity index is 2.16. The number of carbonyl (C=O) groups is 1. The zero-order valence-electron chi connectivity index (χ0n) is 10.6. The molecular weight excluding hydrogens is 328 g/mol. The van der Waals surface area contributed by atoms with Crippen molar-refractivity contribution >= 4 is 39.0 Å². The number of rotatable bonds is 3. The van der Waals surface area contributed by atoms with E-state index < -0.39 is 5.54 Å². The first-order valence-corrected chi connectivity index (χ1v) is 7.61. The molecule has 1 fully saturated rings. The van der Waals surface area contributed by atoms with Crippen molar-refractivity contribution in [1.29, 1.82) is 0 Å². The second kappa shape index (κ2) is 6.05. The highest BCUT2D eigenvalue weighted by atomic mass is 79.9. The number of nitrogens with two attached hydrogens (primary N) is 1. The van der Waals surface area contributed by atoms with Crippen LogP contribution in [0.4, 0.5) is 0 Å². The first-order chi connectivity index (χ1) is 9.03. The fraction of sp³-hybridized carbons (Fsp3) is 0.538. The Bertz CT molecular complexity index is 479. The highest BCUT2D eigenvalue weighted by Gasteiger charge is 2.36. The van der Waals surface area contributed by atoms with Crippen LogP contribution in [0.2, 0.25) is 0 Å². The van der Waals surface area contributed by atoms with Crippen LogP contribution in [0.25, 0.3) is 0 Å². The first-order valence-electron chi connectivity index (χ1n) is 6.41. The van der Waals surface area contributed by atoms with Crippen LogP contribution in [0.5, 0.6) is 0 Å². The van der Waals surface area contributed by atoms with E-state index in [1.54, 1.807) is 12.1 Å². The van der Waals surface area contributed by atoms with Gasteiger partial charge in [-0.1, -0.05) is 37.9 Å². The molecule has 0 radical (unpaired) electrons. The van der Waals surface area contributed by atoms with Crippen molar-refractivity contribution in [2.24, 2.45) is 5.73 Å². The molecule has 2 rings (SSSR count). The van der Waals surface area contributed by atoms with Crippen molar-refractivity contribution in [2.45, 2.75) is 44.1 Å². The third-order valence-electron chi connectivity index (χ3n) is 3.58. The van der Waals surface area contributed by atoms with Gasteiger partial charge < -0.3 is 15.5 Å². The van der Waals surface area contributed by atoms with Crippen LogP contribution in [0.15, 0.2) is 21.2 Å². The SMILES string of the molecule is NC(=S)C1(NC(=O)c2ccc(Br)o2)CCCCCC1. The van der Waals surface area contributed by atoms with E-state index in [1.807, 2.05) is 0 Å². The van der Waals surface area contributed by atoms with Crippen LogP contribution in [-0.4, -0.2) is 16.4 Å². The zero-order chi connectivity index (χ0) is 13.9. The van der Waals surface area contributed by atoms with Crippen LogP contribution < -0.4 is 11.1 Å². The maximum atomic E-state index is 12.2. The van der Waals surface area contributed by atoms with Gasteiger partial charge in [-0.15, -0.1) is 0 Å². The lowest BCUT2D eigenvalue weighted by atomic mass is 9.90. The molecular formula is C13H17BrN2O2S. The number of hydrogen-bond acceptors (Lipinski definition) is 3. The molecule has 0 aromatic carbocycles. The third kappa shape index (κ3) is 3.36. The summed E-state index contributed by atoms with van der Waals surface area (Å²) in [6, 6.07) is 3.32. The fourth-order valence-electron chi connectivity index (χ4n) is 2.48. The second-order valence-corrected chi connectivity index (χ2v) is 6.14. The van der Waals surface area contributed by atoms with E-state index in [9.17, 15) is 4.79 Å². The Morgan fingerprint density at radius 3 is 2.42 bits per heavy atom. The predicted molar refractivity (Wildman–Crippen MR) is 81.1 cm³/mol. The monoisotopic (exact) mass is 344 g/mol. The number of halogens is 1. The summed E-state index contributed by atoms with van der Waals surface area (Å²) in [5.74, 6) is 0.00662.